The van der Waals surface area contributed by atoms with E-state index in [2.05, 4.69) is 35.1 Å². The second-order valence-corrected chi connectivity index (χ2v) is 21.1. The zero-order valence-electron chi connectivity index (χ0n) is 46.0. The molecule has 0 bridgehead atoms. The maximum Gasteiger partial charge on any atom is 0.335 e. The van der Waals surface area contributed by atoms with Gasteiger partial charge in [0.05, 0.1) is 31.3 Å². The first kappa shape index (κ1) is 68.5. The van der Waals surface area contributed by atoms with E-state index < -0.39 is 182 Å². The summed E-state index contributed by atoms with van der Waals surface area (Å²) in [4.78, 5) is 151. The normalized spacial score (nSPS) is 28.3. The van der Waals surface area contributed by atoms with Crippen LogP contribution in [0.3, 0.4) is 0 Å². The number of ether oxygens (including phenoxy) is 1. The molecule has 3 unspecified atom stereocenters. The van der Waals surface area contributed by atoms with E-state index >= 15 is 0 Å². The van der Waals surface area contributed by atoms with Gasteiger partial charge in [0.1, 0.15) is 48.4 Å². The number of carboxylic acid groups (broad SMARTS) is 2. The maximum absolute atomic E-state index is 14.1. The Morgan fingerprint density at radius 2 is 1.14 bits per heavy atom. The number of nitrogens with zero attached hydrogens (tertiary/aromatic N) is 2. The molecule has 3 saturated heterocycles. The van der Waals surface area contributed by atoms with E-state index in [1.165, 1.54) is 6.92 Å². The predicted octanol–water partition coefficient (Wildman–Crippen LogP) is -5.76. The maximum atomic E-state index is 14.1. The van der Waals surface area contributed by atoms with Gasteiger partial charge in [0.15, 0.2) is 24.2 Å². The quantitative estimate of drug-likeness (QED) is 0.0220. The number of amides is 8. The number of guanidine groups is 1. The fraction of sp³-hybridized carbons (Fsp3) is 0.760. The Kier molecular flexibility index (Phi) is 28.1. The van der Waals surface area contributed by atoms with Crippen molar-refractivity contribution < 1.29 is 98.3 Å². The molecule has 0 spiro atoms. The zero-order chi connectivity index (χ0) is 60.8. The molecule has 8 amide bonds. The van der Waals surface area contributed by atoms with Crippen LogP contribution in [0.5, 0.6) is 0 Å². The first-order valence-corrected chi connectivity index (χ1v) is 27.3. The predicted molar refractivity (Wildman–Crippen MR) is 280 cm³/mol. The van der Waals surface area contributed by atoms with E-state index in [1.807, 2.05) is 16.0 Å². The summed E-state index contributed by atoms with van der Waals surface area (Å²) in [6.45, 7) is 4.37. The van der Waals surface area contributed by atoms with Gasteiger partial charge in [-0.1, -0.05) is 65.2 Å². The minimum absolute atomic E-state index is 0.0748. The molecule has 0 saturated carbocycles. The molecule has 14 atom stereocenters. The molecule has 3 rings (SSSR count). The molecule has 31 nitrogen and oxygen atoms in total. The lowest BCUT2D eigenvalue weighted by Gasteiger charge is -2.32. The number of aliphatic hydroxyl groups excluding tert-OH is 6. The van der Waals surface area contributed by atoms with Crippen molar-refractivity contribution in [3.8, 4) is 0 Å². The van der Waals surface area contributed by atoms with Gasteiger partial charge < -0.3 is 98.3 Å². The van der Waals surface area contributed by atoms with Crippen molar-refractivity contribution in [1.82, 2.24) is 47.0 Å². The fourth-order valence-electron chi connectivity index (χ4n) is 9.60. The number of rotatable bonds is 21. The number of fused-ring (bicyclic) bond motifs is 2. The molecule has 31 heteroatoms. The molecule has 0 aromatic carbocycles. The van der Waals surface area contributed by atoms with Crippen LogP contribution < -0.4 is 43.0 Å². The van der Waals surface area contributed by atoms with Crippen molar-refractivity contribution in [2.75, 3.05) is 26.2 Å². The molecule has 3 aliphatic heterocycles. The Hall–Kier alpha value is -6.80. The summed E-state index contributed by atoms with van der Waals surface area (Å²) >= 11 is 0. The molecule has 0 radical (unpaired) electrons. The van der Waals surface area contributed by atoms with Crippen LogP contribution in [0.4, 0.5) is 0 Å². The highest BCUT2D eigenvalue weighted by Gasteiger charge is 2.48. The van der Waals surface area contributed by atoms with Gasteiger partial charge in [-0.25, -0.2) is 14.4 Å². The van der Waals surface area contributed by atoms with E-state index in [-0.39, 0.29) is 38.8 Å². The number of hydrogen-bond donors (Lipinski definition) is 17. The Labute approximate surface area is 467 Å². The van der Waals surface area contributed by atoms with Gasteiger partial charge >= 0.3 is 17.9 Å². The Balaban J connectivity index is 2.12. The molecular formula is C50H83N11O20. The number of aliphatic carboxylic acids is 2. The summed E-state index contributed by atoms with van der Waals surface area (Å²) in [5, 5.41) is 107. The minimum Gasteiger partial charge on any atom is -0.479 e. The summed E-state index contributed by atoms with van der Waals surface area (Å²) in [5.41, 5.74) is 5.36. The van der Waals surface area contributed by atoms with E-state index in [4.69, 9.17) is 15.9 Å². The van der Waals surface area contributed by atoms with Crippen LogP contribution in [-0.4, -0.2) is 233 Å². The minimum atomic E-state index is -2.81. The highest BCUT2D eigenvalue weighted by molar-refractivity contribution is 6.00. The number of esters is 1. The van der Waals surface area contributed by atoms with Gasteiger partial charge in [-0.2, -0.15) is 0 Å². The van der Waals surface area contributed by atoms with Gasteiger partial charge in [0, 0.05) is 19.6 Å². The lowest BCUT2D eigenvalue weighted by molar-refractivity contribution is -0.165. The smallest absolute Gasteiger partial charge is 0.335 e. The number of carbonyl (C=O) groups is 11. The van der Waals surface area contributed by atoms with Gasteiger partial charge in [0.2, 0.25) is 47.3 Å². The van der Waals surface area contributed by atoms with Crippen molar-refractivity contribution in [3.05, 3.63) is 0 Å². The second kappa shape index (κ2) is 33.2. The number of aliphatic hydroxyl groups is 6. The van der Waals surface area contributed by atoms with Crippen molar-refractivity contribution in [1.29, 1.82) is 5.41 Å². The fourth-order valence-corrected chi connectivity index (χ4v) is 9.60. The number of nitrogens with one attached hydrogen (secondary N) is 8. The zero-order valence-corrected chi connectivity index (χ0v) is 46.0. The molecule has 0 aromatic rings. The first-order chi connectivity index (χ1) is 38.1. The first-order valence-electron chi connectivity index (χ1n) is 27.3. The number of nitrogens with two attached hydrogens (primary N) is 1. The average molecular weight is 1160 g/mol. The summed E-state index contributed by atoms with van der Waals surface area (Å²) in [5.74, 6) is -15.9. The van der Waals surface area contributed by atoms with Crippen LogP contribution in [0.25, 0.3) is 0 Å². The van der Waals surface area contributed by atoms with Crippen LogP contribution >= 0.6 is 0 Å². The molecule has 81 heavy (non-hydrogen) atoms. The third-order valence-electron chi connectivity index (χ3n) is 14.1. The lowest BCUT2D eigenvalue weighted by atomic mass is 10.0. The van der Waals surface area contributed by atoms with Crippen LogP contribution in [0, 0.1) is 11.3 Å². The highest BCUT2D eigenvalue weighted by atomic mass is 16.5. The highest BCUT2D eigenvalue weighted by Crippen LogP contribution is 2.23. The van der Waals surface area contributed by atoms with Gasteiger partial charge in [-0.05, 0) is 58.3 Å². The van der Waals surface area contributed by atoms with Gasteiger partial charge in [0.25, 0.3) is 0 Å². The molecule has 0 aromatic heterocycles. The standard InChI is InChI=1S/C50H83N11O20/c1-24(2)14-11-9-7-5-6-8-10-12-15-27-22-32(66)57-33(26(4)63)41(70)54-25(3)45(74)60-20-17-30(64)36(60)43(72)55-28(16-13-19-53-50(51)52)40(69)58-34(38(67)47(76)77)42(71)56-29(23-62)46(75)61-21-18-31(65)37(61)44(73)59-35(49(80)81-27)39(68)48(78)79/h24-31,33-39,62-65,67-68H,5-23H2,1-4H3,(H,54,70)(H,55,72)(H,56,71)(H,57,66)(H,58,69)(H,59,73)(H,76,77)(H,78,79)(H4,51,52,53)/t25-,26-,27?,28?,29-,30+,31+,33-,34-,35+,36?,37+,38-,39+/m1/s1. The second-order valence-electron chi connectivity index (χ2n) is 21.1. The number of carboxylic acids is 2. The number of unbranched alkanes of at least 4 members (excludes halogenated alkanes) is 7. The van der Waals surface area contributed by atoms with Gasteiger partial charge in [-0.3, -0.25) is 43.8 Å². The summed E-state index contributed by atoms with van der Waals surface area (Å²) in [6, 6.07) is -16.2. The van der Waals surface area contributed by atoms with E-state index in [0.29, 0.717) is 23.7 Å². The third kappa shape index (κ3) is 20.9. The van der Waals surface area contributed by atoms with Crippen molar-refractivity contribution in [3.63, 3.8) is 0 Å². The number of hydrogen-bond acceptors (Lipinski definition) is 19. The topological polar surface area (TPSA) is 499 Å². The lowest BCUT2D eigenvalue weighted by Crippen LogP contribution is -2.64. The van der Waals surface area contributed by atoms with E-state index in [9.17, 15) is 93.6 Å². The largest absolute Gasteiger partial charge is 0.479 e. The summed E-state index contributed by atoms with van der Waals surface area (Å²) in [6.07, 6.45) is -6.30. The Morgan fingerprint density at radius 3 is 1.67 bits per heavy atom. The van der Waals surface area contributed by atoms with E-state index in [1.54, 1.807) is 0 Å². The SMILES string of the molecule is CC(C)CCCCCCCCCCC1CC(=O)N[C@H]([C@@H](C)O)C(=O)N[C@H](C)C(=O)N2CC[C@H](O)C2C(=O)NC(CCCNC(=N)N)C(=O)N[C@H]([C@@H](O)C(=O)O)C(=O)N[C@H](CO)C(=O)N2CC[C@H](O)[C@H]2C(=O)N[C@@H]([C@H](O)C(=O)O)C(=O)O1. The Morgan fingerprint density at radius 1 is 0.642 bits per heavy atom. The van der Waals surface area contributed by atoms with Crippen LogP contribution in [-0.2, 0) is 57.5 Å². The number of cyclic esters (lactones) is 1. The Bertz CT molecular complexity index is 2220. The van der Waals surface area contributed by atoms with E-state index in [0.717, 1.165) is 56.8 Å². The molecule has 458 valence electrons. The average Bonchev–Trinajstić information content (AvgIpc) is 3.99. The van der Waals surface area contributed by atoms with Crippen LogP contribution in [0.1, 0.15) is 124 Å². The number of carbonyl (C=O) groups excluding carboxylic acids is 9. The summed E-state index contributed by atoms with van der Waals surface area (Å²) < 4.78 is 5.60. The van der Waals surface area contributed by atoms with Crippen LogP contribution in [0.15, 0.2) is 0 Å². The summed E-state index contributed by atoms with van der Waals surface area (Å²) in [7, 11) is 0. The van der Waals surface area contributed by atoms with Crippen molar-refractivity contribution in [2.24, 2.45) is 11.7 Å². The van der Waals surface area contributed by atoms with Gasteiger partial charge in [-0.15, -0.1) is 0 Å². The molecular weight excluding hydrogens is 1070 g/mol. The molecule has 18 N–H and O–H groups in total. The molecule has 3 heterocycles. The molecule has 3 fully saturated rings. The third-order valence-corrected chi connectivity index (χ3v) is 14.1. The monoisotopic (exact) mass is 1160 g/mol. The van der Waals surface area contributed by atoms with Crippen molar-refractivity contribution in [2.45, 2.75) is 209 Å². The van der Waals surface area contributed by atoms with Crippen LogP contribution in [0.2, 0.25) is 0 Å². The molecule has 3 aliphatic rings. The van der Waals surface area contributed by atoms with Crippen molar-refractivity contribution >= 4 is 71.1 Å². The molecule has 0 aliphatic carbocycles.